The van der Waals surface area contributed by atoms with E-state index in [2.05, 4.69) is 17.0 Å². The maximum absolute atomic E-state index is 13.7. The summed E-state index contributed by atoms with van der Waals surface area (Å²) in [5.41, 5.74) is 2.97. The number of nitrogens with zero attached hydrogens (tertiary/aromatic N) is 1. The smallest absolute Gasteiger partial charge is 0.194 e. The van der Waals surface area contributed by atoms with Crippen molar-refractivity contribution in [1.29, 1.82) is 0 Å². The van der Waals surface area contributed by atoms with E-state index in [1.807, 2.05) is 24.3 Å². The van der Waals surface area contributed by atoms with Crippen LogP contribution in [0.15, 0.2) is 42.5 Å². The Hall–Kier alpha value is -2.17. The number of likely N-dealkylation sites (tertiary alicyclic amines) is 1. The van der Waals surface area contributed by atoms with E-state index in [-0.39, 0.29) is 11.5 Å². The van der Waals surface area contributed by atoms with Gasteiger partial charge < -0.3 is 10.0 Å². The fraction of sp³-hybridized carbons (Fsp3) is 0.483. The number of rotatable bonds is 8. The van der Waals surface area contributed by atoms with Crippen LogP contribution in [0.2, 0.25) is 0 Å². The molecule has 33 heavy (non-hydrogen) atoms. The Balaban J connectivity index is 1.32. The standard InChI is InChI=1S/C29H35NO2S/c31-24-15-16-25-26(20-24)33-29(23-9-2-1-3-10-23)27(25)28(32)22-13-11-21(12-14-22)8-4-5-17-30-18-6-7-19-30/h11-16,20,23,31H,1-10,17-19H2. The van der Waals surface area contributed by atoms with Crippen LogP contribution in [0.5, 0.6) is 5.75 Å². The van der Waals surface area contributed by atoms with E-state index in [1.165, 1.54) is 75.0 Å². The molecule has 1 saturated carbocycles. The number of phenolic OH excluding ortho intramolecular Hbond substituents is 1. The van der Waals surface area contributed by atoms with Crippen molar-refractivity contribution in [3.63, 3.8) is 0 Å². The number of hydrogen-bond acceptors (Lipinski definition) is 4. The van der Waals surface area contributed by atoms with Gasteiger partial charge in [-0.15, -0.1) is 11.3 Å². The molecule has 2 fully saturated rings. The number of carbonyl (C=O) groups is 1. The zero-order chi connectivity index (χ0) is 22.6. The lowest BCUT2D eigenvalue weighted by molar-refractivity contribution is 0.103. The molecular formula is C29H35NO2S. The summed E-state index contributed by atoms with van der Waals surface area (Å²) in [5, 5.41) is 11.0. The molecular weight excluding hydrogens is 426 g/mol. The van der Waals surface area contributed by atoms with E-state index in [4.69, 9.17) is 0 Å². The maximum Gasteiger partial charge on any atom is 0.194 e. The first-order valence-electron chi connectivity index (χ1n) is 12.8. The van der Waals surface area contributed by atoms with Crippen molar-refractivity contribution in [2.24, 2.45) is 0 Å². The number of phenols is 1. The Labute approximate surface area is 201 Å². The monoisotopic (exact) mass is 461 g/mol. The summed E-state index contributed by atoms with van der Waals surface area (Å²) in [6.45, 7) is 3.77. The number of thiophene rings is 1. The number of ketones is 1. The second kappa shape index (κ2) is 10.4. The minimum absolute atomic E-state index is 0.132. The van der Waals surface area contributed by atoms with E-state index >= 15 is 0 Å². The summed E-state index contributed by atoms with van der Waals surface area (Å²) in [6.07, 6.45) is 12.4. The Kier molecular flexibility index (Phi) is 7.13. The molecule has 3 aromatic rings. The molecule has 4 heteroatoms. The highest BCUT2D eigenvalue weighted by Gasteiger charge is 2.27. The topological polar surface area (TPSA) is 40.5 Å². The highest BCUT2D eigenvalue weighted by molar-refractivity contribution is 7.19. The van der Waals surface area contributed by atoms with Crippen molar-refractivity contribution in [3.05, 3.63) is 64.0 Å². The van der Waals surface area contributed by atoms with Gasteiger partial charge in [0.15, 0.2) is 5.78 Å². The van der Waals surface area contributed by atoms with E-state index in [9.17, 15) is 9.90 Å². The van der Waals surface area contributed by atoms with E-state index < -0.39 is 0 Å². The van der Waals surface area contributed by atoms with E-state index in [1.54, 1.807) is 17.4 Å². The lowest BCUT2D eigenvalue weighted by Crippen LogP contribution is -2.20. The molecule has 2 heterocycles. The number of fused-ring (bicyclic) bond motifs is 1. The van der Waals surface area contributed by atoms with Crippen LogP contribution in [-0.4, -0.2) is 35.4 Å². The predicted octanol–water partition coefficient (Wildman–Crippen LogP) is 7.30. The number of unbranched alkanes of at least 4 members (excludes halogenated alkanes) is 1. The average molecular weight is 462 g/mol. The maximum atomic E-state index is 13.7. The Morgan fingerprint density at radius 3 is 2.45 bits per heavy atom. The molecule has 0 bridgehead atoms. The second-order valence-electron chi connectivity index (χ2n) is 9.89. The van der Waals surface area contributed by atoms with Crippen LogP contribution in [0.25, 0.3) is 10.1 Å². The van der Waals surface area contributed by atoms with Crippen molar-refractivity contribution in [2.45, 2.75) is 70.1 Å². The van der Waals surface area contributed by atoms with Gasteiger partial charge in [0, 0.05) is 26.1 Å². The molecule has 1 saturated heterocycles. The van der Waals surface area contributed by atoms with Gasteiger partial charge in [-0.05, 0) is 94.3 Å². The number of hydrogen-bond donors (Lipinski definition) is 1. The summed E-state index contributed by atoms with van der Waals surface area (Å²) < 4.78 is 1.02. The number of aryl methyl sites for hydroxylation is 1. The Bertz CT molecular complexity index is 1090. The molecule has 1 aliphatic heterocycles. The van der Waals surface area contributed by atoms with Crippen molar-refractivity contribution in [3.8, 4) is 5.75 Å². The molecule has 0 atom stereocenters. The highest BCUT2D eigenvalue weighted by Crippen LogP contribution is 2.43. The molecule has 5 rings (SSSR count). The quantitative estimate of drug-likeness (QED) is 0.282. The first-order valence-corrected chi connectivity index (χ1v) is 13.6. The molecule has 0 unspecified atom stereocenters. The van der Waals surface area contributed by atoms with Crippen LogP contribution in [0.3, 0.4) is 0 Å². The van der Waals surface area contributed by atoms with Crippen molar-refractivity contribution in [2.75, 3.05) is 19.6 Å². The molecule has 1 aliphatic carbocycles. The van der Waals surface area contributed by atoms with E-state index in [0.717, 1.165) is 40.5 Å². The highest BCUT2D eigenvalue weighted by atomic mass is 32.1. The van der Waals surface area contributed by atoms with Gasteiger partial charge in [-0.2, -0.15) is 0 Å². The molecule has 0 amide bonds. The minimum atomic E-state index is 0.132. The molecule has 2 aliphatic rings. The van der Waals surface area contributed by atoms with Gasteiger partial charge >= 0.3 is 0 Å². The Morgan fingerprint density at radius 1 is 0.939 bits per heavy atom. The third-order valence-corrected chi connectivity index (χ3v) is 8.82. The van der Waals surface area contributed by atoms with Crippen LogP contribution < -0.4 is 0 Å². The fourth-order valence-electron chi connectivity index (χ4n) is 5.63. The first kappa shape index (κ1) is 22.6. The van der Waals surface area contributed by atoms with Crippen LogP contribution in [0.4, 0.5) is 0 Å². The van der Waals surface area contributed by atoms with Crippen molar-refractivity contribution in [1.82, 2.24) is 4.90 Å². The zero-order valence-corrected chi connectivity index (χ0v) is 20.3. The first-order chi connectivity index (χ1) is 16.2. The molecule has 1 N–H and O–H groups in total. The summed E-state index contributed by atoms with van der Waals surface area (Å²) in [5.74, 6) is 0.868. The van der Waals surface area contributed by atoms with Gasteiger partial charge in [0.05, 0.1) is 0 Å². The number of aromatic hydroxyl groups is 1. The summed E-state index contributed by atoms with van der Waals surface area (Å²) in [6, 6.07) is 13.8. The summed E-state index contributed by atoms with van der Waals surface area (Å²) in [7, 11) is 0. The number of benzene rings is 2. The van der Waals surface area contributed by atoms with Gasteiger partial charge in [-0.1, -0.05) is 43.5 Å². The minimum Gasteiger partial charge on any atom is -0.508 e. The lowest BCUT2D eigenvalue weighted by atomic mass is 9.85. The van der Waals surface area contributed by atoms with Crippen LogP contribution >= 0.6 is 11.3 Å². The second-order valence-corrected chi connectivity index (χ2v) is 11.0. The van der Waals surface area contributed by atoms with Gasteiger partial charge in [-0.25, -0.2) is 0 Å². The van der Waals surface area contributed by atoms with Gasteiger partial charge in [-0.3, -0.25) is 4.79 Å². The zero-order valence-electron chi connectivity index (χ0n) is 19.5. The predicted molar refractivity (Wildman–Crippen MR) is 138 cm³/mol. The molecule has 0 radical (unpaired) electrons. The third-order valence-electron chi connectivity index (χ3n) is 7.51. The van der Waals surface area contributed by atoms with Gasteiger partial charge in [0.1, 0.15) is 5.75 Å². The van der Waals surface area contributed by atoms with Crippen LogP contribution in [0.1, 0.15) is 90.1 Å². The third kappa shape index (κ3) is 5.17. The number of carbonyl (C=O) groups excluding carboxylic acids is 1. The van der Waals surface area contributed by atoms with Crippen molar-refractivity contribution < 1.29 is 9.90 Å². The fourth-order valence-corrected chi connectivity index (χ4v) is 7.03. The summed E-state index contributed by atoms with van der Waals surface area (Å²) in [4.78, 5) is 17.5. The van der Waals surface area contributed by atoms with Crippen LogP contribution in [0, 0.1) is 0 Å². The van der Waals surface area contributed by atoms with Gasteiger partial charge in [0.2, 0.25) is 0 Å². The largest absolute Gasteiger partial charge is 0.508 e. The van der Waals surface area contributed by atoms with E-state index in [0.29, 0.717) is 5.92 Å². The van der Waals surface area contributed by atoms with Crippen LogP contribution in [-0.2, 0) is 6.42 Å². The SMILES string of the molecule is O=C(c1ccc(CCCCN2CCCC2)cc1)c1c(C2CCCCC2)sc2cc(O)ccc12. The van der Waals surface area contributed by atoms with Crippen molar-refractivity contribution >= 4 is 27.2 Å². The molecule has 3 nitrogen and oxygen atoms in total. The average Bonchev–Trinajstić information content (AvgIpc) is 3.50. The normalized spacial score (nSPS) is 17.7. The molecule has 174 valence electrons. The molecule has 2 aromatic carbocycles. The lowest BCUT2D eigenvalue weighted by Gasteiger charge is -2.21. The molecule has 1 aromatic heterocycles. The summed E-state index contributed by atoms with van der Waals surface area (Å²) >= 11 is 1.71. The molecule has 0 spiro atoms. The van der Waals surface area contributed by atoms with Gasteiger partial charge in [0.25, 0.3) is 0 Å². The Morgan fingerprint density at radius 2 is 1.70 bits per heavy atom.